The first-order valence-electron chi connectivity index (χ1n) is 8.66. The smallest absolute Gasteiger partial charge is 0.225 e. The van der Waals surface area contributed by atoms with Crippen LogP contribution in [-0.2, 0) is 4.79 Å². The van der Waals surface area contributed by atoms with E-state index in [0.29, 0.717) is 6.04 Å². The van der Waals surface area contributed by atoms with Crippen molar-refractivity contribution in [2.75, 3.05) is 18.0 Å². The zero-order valence-corrected chi connectivity index (χ0v) is 15.0. The van der Waals surface area contributed by atoms with E-state index in [1.165, 1.54) is 0 Å². The number of nitrogens with one attached hydrogen (secondary N) is 1. The largest absolute Gasteiger partial charge is 0.353 e. The van der Waals surface area contributed by atoms with E-state index in [1.807, 2.05) is 0 Å². The molecule has 1 aliphatic heterocycles. The third-order valence-electron chi connectivity index (χ3n) is 4.85. The fourth-order valence-electron chi connectivity index (χ4n) is 3.31. The minimum atomic E-state index is 0.0711. The summed E-state index contributed by atoms with van der Waals surface area (Å²) in [5, 5.41) is 13.7. The average Bonchev–Trinajstić information content (AvgIpc) is 3.15. The number of aryl methyl sites for hydroxylation is 2. The molecule has 3 heterocycles. The molecular formula is C17H23N5OS. The van der Waals surface area contributed by atoms with Crippen LogP contribution in [0.2, 0.25) is 0 Å². The SMILES string of the molecule is Cc1ccc(C)n1-c1nnc(N2CCC[C@@H](C(=O)NC3CC3)C2)s1. The summed E-state index contributed by atoms with van der Waals surface area (Å²) in [4.78, 5) is 14.6. The van der Waals surface area contributed by atoms with Crippen molar-refractivity contribution in [1.82, 2.24) is 20.1 Å². The fraction of sp³-hybridized carbons (Fsp3) is 0.588. The van der Waals surface area contributed by atoms with Gasteiger partial charge in [0.05, 0.1) is 5.92 Å². The van der Waals surface area contributed by atoms with Crippen LogP contribution in [0.4, 0.5) is 5.13 Å². The van der Waals surface area contributed by atoms with Crippen molar-refractivity contribution in [2.45, 2.75) is 45.6 Å². The predicted octanol–water partition coefficient (Wildman–Crippen LogP) is 2.44. The summed E-state index contributed by atoms with van der Waals surface area (Å²) in [6, 6.07) is 4.62. The van der Waals surface area contributed by atoms with Gasteiger partial charge in [-0.25, -0.2) is 0 Å². The van der Waals surface area contributed by atoms with E-state index < -0.39 is 0 Å². The fourth-order valence-corrected chi connectivity index (χ4v) is 4.31. The number of carbonyl (C=O) groups excluding carboxylic acids is 1. The molecular weight excluding hydrogens is 322 g/mol. The standard InChI is InChI=1S/C17H23N5OS/c1-11-5-6-12(2)22(11)17-20-19-16(24-17)21-9-3-4-13(10-21)15(23)18-14-7-8-14/h5-6,13-14H,3-4,7-10H2,1-2H3,(H,18,23)/t13-/m1/s1. The Morgan fingerprint density at radius 1 is 1.17 bits per heavy atom. The molecule has 1 atom stereocenters. The van der Waals surface area contributed by atoms with E-state index >= 15 is 0 Å². The molecule has 128 valence electrons. The van der Waals surface area contributed by atoms with Crippen LogP contribution in [-0.4, -0.2) is 39.8 Å². The molecule has 1 saturated carbocycles. The van der Waals surface area contributed by atoms with Crippen LogP contribution in [0, 0.1) is 19.8 Å². The molecule has 4 rings (SSSR count). The normalized spacial score (nSPS) is 21.1. The van der Waals surface area contributed by atoms with E-state index in [-0.39, 0.29) is 11.8 Å². The van der Waals surface area contributed by atoms with Gasteiger partial charge in [-0.15, -0.1) is 10.2 Å². The summed E-state index contributed by atoms with van der Waals surface area (Å²) in [5.41, 5.74) is 2.33. The van der Waals surface area contributed by atoms with Gasteiger partial charge >= 0.3 is 0 Å². The third-order valence-corrected chi connectivity index (χ3v) is 5.82. The Morgan fingerprint density at radius 2 is 1.88 bits per heavy atom. The molecule has 2 aromatic rings. The lowest BCUT2D eigenvalue weighted by atomic mass is 9.97. The van der Waals surface area contributed by atoms with E-state index in [9.17, 15) is 4.79 Å². The Labute approximate surface area is 145 Å². The first kappa shape index (κ1) is 15.6. The molecule has 0 spiro atoms. The number of piperidine rings is 1. The van der Waals surface area contributed by atoms with E-state index in [0.717, 1.165) is 60.4 Å². The summed E-state index contributed by atoms with van der Waals surface area (Å²) >= 11 is 1.60. The van der Waals surface area contributed by atoms with Crippen molar-refractivity contribution in [3.63, 3.8) is 0 Å². The summed E-state index contributed by atoms with van der Waals surface area (Å²) in [7, 11) is 0. The zero-order valence-electron chi connectivity index (χ0n) is 14.2. The lowest BCUT2D eigenvalue weighted by Crippen LogP contribution is -2.43. The van der Waals surface area contributed by atoms with Gasteiger partial charge in [0, 0.05) is 30.5 Å². The van der Waals surface area contributed by atoms with Crippen molar-refractivity contribution >= 4 is 22.4 Å². The number of carbonyl (C=O) groups is 1. The van der Waals surface area contributed by atoms with Gasteiger partial charge in [0.15, 0.2) is 0 Å². The molecule has 1 saturated heterocycles. The maximum Gasteiger partial charge on any atom is 0.225 e. The highest BCUT2D eigenvalue weighted by Crippen LogP contribution is 2.30. The second-order valence-electron chi connectivity index (χ2n) is 6.89. The van der Waals surface area contributed by atoms with Crippen LogP contribution in [0.5, 0.6) is 0 Å². The van der Waals surface area contributed by atoms with Gasteiger partial charge in [-0.05, 0) is 51.7 Å². The molecule has 2 aliphatic rings. The molecule has 7 heteroatoms. The van der Waals surface area contributed by atoms with Crippen LogP contribution >= 0.6 is 11.3 Å². The van der Waals surface area contributed by atoms with Crippen LogP contribution in [0.25, 0.3) is 5.13 Å². The van der Waals surface area contributed by atoms with Crippen LogP contribution in [0.15, 0.2) is 12.1 Å². The molecule has 0 aromatic carbocycles. The van der Waals surface area contributed by atoms with Crippen LogP contribution in [0.3, 0.4) is 0 Å². The molecule has 1 N–H and O–H groups in total. The number of aromatic nitrogens is 3. The maximum atomic E-state index is 12.3. The molecule has 1 aliphatic carbocycles. The Bertz CT molecular complexity index is 728. The van der Waals surface area contributed by atoms with Gasteiger partial charge in [-0.1, -0.05) is 11.3 Å². The number of amides is 1. The Hall–Kier alpha value is -1.89. The van der Waals surface area contributed by atoms with Gasteiger partial charge in [-0.3, -0.25) is 9.36 Å². The lowest BCUT2D eigenvalue weighted by Gasteiger charge is -2.31. The first-order chi connectivity index (χ1) is 11.6. The van der Waals surface area contributed by atoms with Gasteiger partial charge < -0.3 is 10.2 Å². The van der Waals surface area contributed by atoms with Crippen molar-refractivity contribution in [1.29, 1.82) is 0 Å². The van der Waals surface area contributed by atoms with Gasteiger partial charge in [-0.2, -0.15) is 0 Å². The second kappa shape index (κ2) is 6.20. The summed E-state index contributed by atoms with van der Waals surface area (Å²) < 4.78 is 2.13. The number of nitrogens with zero attached hydrogens (tertiary/aromatic N) is 4. The zero-order chi connectivity index (χ0) is 16.7. The predicted molar refractivity (Wildman–Crippen MR) is 94.8 cm³/mol. The molecule has 2 aromatic heterocycles. The van der Waals surface area contributed by atoms with Crippen molar-refractivity contribution in [3.8, 4) is 5.13 Å². The number of rotatable bonds is 4. The molecule has 0 radical (unpaired) electrons. The van der Waals surface area contributed by atoms with Gasteiger partial charge in [0.1, 0.15) is 0 Å². The molecule has 24 heavy (non-hydrogen) atoms. The molecule has 1 amide bonds. The van der Waals surface area contributed by atoms with Gasteiger partial charge in [0.2, 0.25) is 16.2 Å². The van der Waals surface area contributed by atoms with Crippen LogP contribution < -0.4 is 10.2 Å². The van der Waals surface area contributed by atoms with E-state index in [2.05, 4.69) is 51.0 Å². The Morgan fingerprint density at radius 3 is 2.58 bits per heavy atom. The van der Waals surface area contributed by atoms with Crippen molar-refractivity contribution in [3.05, 3.63) is 23.5 Å². The van der Waals surface area contributed by atoms with Crippen molar-refractivity contribution < 1.29 is 4.79 Å². The topological polar surface area (TPSA) is 63.1 Å². The summed E-state index contributed by atoms with van der Waals surface area (Å²) in [6.07, 6.45) is 4.27. The average molecular weight is 345 g/mol. The van der Waals surface area contributed by atoms with Crippen LogP contribution in [0.1, 0.15) is 37.1 Å². The highest BCUT2D eigenvalue weighted by atomic mass is 32.1. The molecule has 0 bridgehead atoms. The second-order valence-corrected chi connectivity index (χ2v) is 7.82. The third kappa shape index (κ3) is 3.05. The molecule has 0 unspecified atom stereocenters. The number of hydrogen-bond donors (Lipinski definition) is 1. The number of hydrogen-bond acceptors (Lipinski definition) is 5. The highest BCUT2D eigenvalue weighted by Gasteiger charge is 2.31. The molecule has 2 fully saturated rings. The lowest BCUT2D eigenvalue weighted by molar-refractivity contribution is -0.125. The van der Waals surface area contributed by atoms with Crippen molar-refractivity contribution in [2.24, 2.45) is 5.92 Å². The summed E-state index contributed by atoms with van der Waals surface area (Å²) in [6.45, 7) is 5.85. The molecule has 6 nitrogen and oxygen atoms in total. The summed E-state index contributed by atoms with van der Waals surface area (Å²) in [5.74, 6) is 0.283. The maximum absolute atomic E-state index is 12.3. The quantitative estimate of drug-likeness (QED) is 0.924. The van der Waals surface area contributed by atoms with E-state index in [4.69, 9.17) is 0 Å². The minimum absolute atomic E-state index is 0.0711. The monoisotopic (exact) mass is 345 g/mol. The number of anilines is 1. The Balaban J connectivity index is 1.48. The first-order valence-corrected chi connectivity index (χ1v) is 9.47. The highest BCUT2D eigenvalue weighted by molar-refractivity contribution is 7.17. The Kier molecular flexibility index (Phi) is 4.04. The minimum Gasteiger partial charge on any atom is -0.353 e. The van der Waals surface area contributed by atoms with E-state index in [1.54, 1.807) is 11.3 Å². The van der Waals surface area contributed by atoms with Gasteiger partial charge in [0.25, 0.3) is 0 Å².